The number of aromatic nitrogens is 3. The molecule has 1 aromatic carbocycles. The molecule has 0 aliphatic carbocycles. The summed E-state index contributed by atoms with van der Waals surface area (Å²) >= 11 is 0. The molecule has 0 radical (unpaired) electrons. The first-order valence-corrected chi connectivity index (χ1v) is 7.83. The fourth-order valence-electron chi connectivity index (χ4n) is 2.76. The summed E-state index contributed by atoms with van der Waals surface area (Å²) in [6.07, 6.45) is 1.73. The molecule has 2 unspecified atom stereocenters. The zero-order chi connectivity index (χ0) is 15.4. The second kappa shape index (κ2) is 6.85. The van der Waals surface area contributed by atoms with Crippen LogP contribution in [0.5, 0.6) is 0 Å². The maximum atomic E-state index is 6.56. The third-order valence-electron chi connectivity index (χ3n) is 3.90. The fraction of sp³-hybridized carbons (Fsp3) is 0.529. The number of hydrogen-bond donors (Lipinski definition) is 1. The van der Waals surface area contributed by atoms with E-state index in [-0.39, 0.29) is 12.1 Å². The Morgan fingerprint density at radius 3 is 2.29 bits per heavy atom. The number of nitrogens with zero attached hydrogens (tertiary/aromatic N) is 3. The Morgan fingerprint density at radius 1 is 1.10 bits per heavy atom. The maximum absolute atomic E-state index is 6.56. The van der Waals surface area contributed by atoms with Gasteiger partial charge in [0, 0.05) is 12.8 Å². The predicted octanol–water partition coefficient (Wildman–Crippen LogP) is 3.30. The average molecular weight is 286 g/mol. The van der Waals surface area contributed by atoms with Crippen LogP contribution in [0.4, 0.5) is 0 Å². The molecule has 2 rings (SSSR count). The number of aryl methyl sites for hydroxylation is 2. The first-order chi connectivity index (χ1) is 10.1. The smallest absolute Gasteiger partial charge is 0.150 e. The van der Waals surface area contributed by atoms with Crippen molar-refractivity contribution in [3.05, 3.63) is 47.5 Å². The Kier molecular flexibility index (Phi) is 5.12. The van der Waals surface area contributed by atoms with Gasteiger partial charge in [-0.15, -0.1) is 0 Å². The van der Waals surface area contributed by atoms with Gasteiger partial charge < -0.3 is 5.73 Å². The second-order valence-electron chi connectivity index (χ2n) is 5.77. The van der Waals surface area contributed by atoms with Gasteiger partial charge in [0.25, 0.3) is 0 Å². The SMILES string of the molecule is CCc1nc(CC)n(C(C(C)C)C(N)c2ccccc2)n1. The number of rotatable bonds is 6. The summed E-state index contributed by atoms with van der Waals surface area (Å²) in [7, 11) is 0. The molecule has 0 amide bonds. The Balaban J connectivity index is 2.42. The van der Waals surface area contributed by atoms with Crippen molar-refractivity contribution in [3.8, 4) is 0 Å². The summed E-state index contributed by atoms with van der Waals surface area (Å²) < 4.78 is 2.06. The Bertz CT molecular complexity index is 559. The summed E-state index contributed by atoms with van der Waals surface area (Å²) in [5, 5.41) is 4.69. The van der Waals surface area contributed by atoms with Crippen LogP contribution in [-0.2, 0) is 12.8 Å². The quantitative estimate of drug-likeness (QED) is 0.886. The molecule has 0 saturated heterocycles. The topological polar surface area (TPSA) is 56.7 Å². The number of hydrogen-bond acceptors (Lipinski definition) is 3. The lowest BCUT2D eigenvalue weighted by Gasteiger charge is -2.29. The minimum atomic E-state index is -0.0806. The van der Waals surface area contributed by atoms with E-state index in [1.807, 2.05) is 18.2 Å². The van der Waals surface area contributed by atoms with Gasteiger partial charge in [-0.25, -0.2) is 9.67 Å². The van der Waals surface area contributed by atoms with Crippen molar-refractivity contribution < 1.29 is 0 Å². The average Bonchev–Trinajstić information content (AvgIpc) is 2.91. The fourth-order valence-corrected chi connectivity index (χ4v) is 2.76. The van der Waals surface area contributed by atoms with Gasteiger partial charge >= 0.3 is 0 Å². The molecule has 0 saturated carbocycles. The highest BCUT2D eigenvalue weighted by atomic mass is 15.4. The van der Waals surface area contributed by atoms with E-state index >= 15 is 0 Å². The van der Waals surface area contributed by atoms with E-state index in [0.29, 0.717) is 5.92 Å². The Labute approximate surface area is 127 Å². The highest BCUT2D eigenvalue weighted by Gasteiger charge is 2.27. The zero-order valence-electron chi connectivity index (χ0n) is 13.5. The highest BCUT2D eigenvalue weighted by molar-refractivity contribution is 5.20. The molecule has 1 aromatic heterocycles. The molecule has 2 atom stereocenters. The summed E-state index contributed by atoms with van der Waals surface area (Å²) in [4.78, 5) is 4.62. The van der Waals surface area contributed by atoms with Crippen molar-refractivity contribution >= 4 is 0 Å². The minimum absolute atomic E-state index is 0.0806. The van der Waals surface area contributed by atoms with Crippen molar-refractivity contribution in [2.45, 2.75) is 52.6 Å². The zero-order valence-corrected chi connectivity index (χ0v) is 13.5. The normalized spacial score (nSPS) is 14.4. The number of nitrogens with two attached hydrogens (primary N) is 1. The van der Waals surface area contributed by atoms with Gasteiger partial charge in [-0.2, -0.15) is 5.10 Å². The van der Waals surface area contributed by atoms with E-state index in [9.17, 15) is 0 Å². The van der Waals surface area contributed by atoms with Crippen LogP contribution in [0.3, 0.4) is 0 Å². The second-order valence-corrected chi connectivity index (χ2v) is 5.77. The van der Waals surface area contributed by atoms with E-state index in [1.54, 1.807) is 0 Å². The van der Waals surface area contributed by atoms with Gasteiger partial charge in [0.15, 0.2) is 5.82 Å². The predicted molar refractivity (Wildman–Crippen MR) is 86.0 cm³/mol. The molecule has 2 N–H and O–H groups in total. The minimum Gasteiger partial charge on any atom is -0.322 e. The van der Waals surface area contributed by atoms with Crippen LogP contribution in [0, 0.1) is 5.92 Å². The van der Waals surface area contributed by atoms with Crippen LogP contribution in [0.15, 0.2) is 30.3 Å². The monoisotopic (exact) mass is 286 g/mol. The molecule has 2 aromatic rings. The maximum Gasteiger partial charge on any atom is 0.150 e. The molecule has 4 nitrogen and oxygen atoms in total. The van der Waals surface area contributed by atoms with Crippen LogP contribution in [0.1, 0.15) is 57.0 Å². The molecule has 114 valence electrons. The van der Waals surface area contributed by atoms with E-state index in [1.165, 1.54) is 0 Å². The molecule has 0 spiro atoms. The van der Waals surface area contributed by atoms with Gasteiger partial charge in [0.1, 0.15) is 5.82 Å². The highest BCUT2D eigenvalue weighted by Crippen LogP contribution is 2.31. The lowest BCUT2D eigenvalue weighted by atomic mass is 9.92. The van der Waals surface area contributed by atoms with E-state index in [2.05, 4.69) is 49.5 Å². The van der Waals surface area contributed by atoms with Gasteiger partial charge in [0.05, 0.1) is 12.1 Å². The summed E-state index contributed by atoms with van der Waals surface area (Å²) in [6, 6.07) is 10.3. The standard InChI is InChI=1S/C17H26N4/c1-5-14-19-15(6-2)21(20-14)17(12(3)4)16(18)13-10-8-7-9-11-13/h7-12,16-17H,5-6,18H2,1-4H3. The van der Waals surface area contributed by atoms with Crippen molar-refractivity contribution in [2.24, 2.45) is 11.7 Å². The van der Waals surface area contributed by atoms with Crippen LogP contribution >= 0.6 is 0 Å². The first kappa shape index (κ1) is 15.7. The van der Waals surface area contributed by atoms with Crippen molar-refractivity contribution in [2.75, 3.05) is 0 Å². The van der Waals surface area contributed by atoms with Crippen molar-refractivity contribution in [3.63, 3.8) is 0 Å². The van der Waals surface area contributed by atoms with E-state index in [4.69, 9.17) is 10.8 Å². The summed E-state index contributed by atoms with van der Waals surface area (Å²) in [6.45, 7) is 8.59. The summed E-state index contributed by atoms with van der Waals surface area (Å²) in [5.41, 5.74) is 7.70. The Hall–Kier alpha value is -1.68. The van der Waals surface area contributed by atoms with Gasteiger partial charge in [-0.05, 0) is 11.5 Å². The largest absolute Gasteiger partial charge is 0.322 e. The molecule has 1 heterocycles. The van der Waals surface area contributed by atoms with Gasteiger partial charge in [-0.3, -0.25) is 0 Å². The van der Waals surface area contributed by atoms with Crippen molar-refractivity contribution in [1.29, 1.82) is 0 Å². The summed E-state index contributed by atoms with van der Waals surface area (Å²) in [5.74, 6) is 2.31. The lowest BCUT2D eigenvalue weighted by molar-refractivity contribution is 0.285. The molecule has 21 heavy (non-hydrogen) atoms. The van der Waals surface area contributed by atoms with Crippen LogP contribution < -0.4 is 5.73 Å². The lowest BCUT2D eigenvalue weighted by Crippen LogP contribution is -2.30. The molecule has 0 aliphatic heterocycles. The van der Waals surface area contributed by atoms with E-state index in [0.717, 1.165) is 30.1 Å². The van der Waals surface area contributed by atoms with E-state index < -0.39 is 0 Å². The van der Waals surface area contributed by atoms with Crippen LogP contribution in [-0.4, -0.2) is 14.8 Å². The molecular weight excluding hydrogens is 260 g/mol. The molecule has 4 heteroatoms. The third kappa shape index (κ3) is 3.32. The van der Waals surface area contributed by atoms with Gasteiger partial charge in [-0.1, -0.05) is 58.0 Å². The van der Waals surface area contributed by atoms with Crippen molar-refractivity contribution in [1.82, 2.24) is 14.8 Å². The molecule has 0 bridgehead atoms. The Morgan fingerprint density at radius 2 is 1.76 bits per heavy atom. The third-order valence-corrected chi connectivity index (χ3v) is 3.90. The van der Waals surface area contributed by atoms with Crippen LogP contribution in [0.2, 0.25) is 0 Å². The molecule has 0 fully saturated rings. The molecule has 0 aliphatic rings. The van der Waals surface area contributed by atoms with Crippen LogP contribution in [0.25, 0.3) is 0 Å². The number of benzene rings is 1. The molecular formula is C17H26N4. The van der Waals surface area contributed by atoms with Gasteiger partial charge in [0.2, 0.25) is 0 Å². The first-order valence-electron chi connectivity index (χ1n) is 7.83.